The van der Waals surface area contributed by atoms with Crippen LogP contribution in [0.4, 0.5) is 0 Å². The molecule has 0 aliphatic carbocycles. The molecule has 0 saturated carbocycles. The lowest BCUT2D eigenvalue weighted by Crippen LogP contribution is -2.34. The van der Waals surface area contributed by atoms with Crippen LogP contribution in [-0.2, 0) is 7.05 Å². The first kappa shape index (κ1) is 8.84. The third-order valence-corrected chi connectivity index (χ3v) is 1.69. The molecule has 0 radical (unpaired) electrons. The predicted molar refractivity (Wildman–Crippen MR) is 50.7 cm³/mol. The van der Waals surface area contributed by atoms with Crippen LogP contribution in [0, 0.1) is 0 Å². The number of aromatic nitrogens is 2. The van der Waals surface area contributed by atoms with E-state index < -0.39 is 0 Å². The van der Waals surface area contributed by atoms with Gasteiger partial charge in [-0.3, -0.25) is 4.68 Å². The van der Waals surface area contributed by atoms with Crippen LogP contribution in [-0.4, -0.2) is 16.3 Å². The Labute approximate surface area is 72.4 Å². The van der Waals surface area contributed by atoms with Gasteiger partial charge in [-0.15, -0.1) is 0 Å². The predicted octanol–water partition coefficient (Wildman–Crippen LogP) is -0.432. The summed E-state index contributed by atoms with van der Waals surface area (Å²) in [4.78, 5) is 0. The molecule has 3 heteroatoms. The summed E-state index contributed by atoms with van der Waals surface area (Å²) in [6, 6.07) is 0. The first-order valence-electron chi connectivity index (χ1n) is 4.30. The topological polar surface area (TPSA) is 29.9 Å². The molecule has 0 unspecified atom stereocenters. The van der Waals surface area contributed by atoms with Gasteiger partial charge in [0.1, 0.15) is 0 Å². The number of hydrogen-bond donors (Lipinski definition) is 1. The molecule has 12 heavy (non-hydrogen) atoms. The summed E-state index contributed by atoms with van der Waals surface area (Å²) in [6.07, 6.45) is 5.97. The van der Waals surface area contributed by atoms with Crippen molar-refractivity contribution in [3.63, 3.8) is 0 Å². The van der Waals surface area contributed by atoms with E-state index in [1.165, 1.54) is 10.6 Å². The van der Waals surface area contributed by atoms with Crippen LogP contribution in [0.5, 0.6) is 0 Å². The lowest BCUT2D eigenvalue weighted by atomic mass is 10.3. The van der Waals surface area contributed by atoms with Crippen LogP contribution >= 0.6 is 0 Å². The highest BCUT2D eigenvalue weighted by atomic mass is 15.2. The van der Waals surface area contributed by atoms with E-state index in [1.54, 1.807) is 0 Å². The molecule has 1 aromatic heterocycles. The molecular formula is C9H15N3. The summed E-state index contributed by atoms with van der Waals surface area (Å²) in [5.41, 5.74) is 0. The molecule has 1 aliphatic heterocycles. The van der Waals surface area contributed by atoms with E-state index in [9.17, 15) is 0 Å². The van der Waals surface area contributed by atoms with Gasteiger partial charge in [0.15, 0.2) is 0 Å². The minimum absolute atomic E-state index is 0.909. The third-order valence-electron chi connectivity index (χ3n) is 1.69. The molecule has 1 aromatic rings. The number of nitrogens with zero attached hydrogens (tertiary/aromatic N) is 2. The van der Waals surface area contributed by atoms with Crippen LogP contribution in [0.2, 0.25) is 0 Å². The van der Waals surface area contributed by atoms with Crippen molar-refractivity contribution in [1.82, 2.24) is 15.1 Å². The molecule has 1 N–H and O–H groups in total. The van der Waals surface area contributed by atoms with Crippen LogP contribution in [0.25, 0.3) is 12.3 Å². The van der Waals surface area contributed by atoms with Gasteiger partial charge in [-0.2, -0.15) is 5.10 Å². The van der Waals surface area contributed by atoms with E-state index in [4.69, 9.17) is 0 Å². The zero-order valence-electron chi connectivity index (χ0n) is 7.83. The lowest BCUT2D eigenvalue weighted by Gasteiger charge is -1.98. The van der Waals surface area contributed by atoms with Gasteiger partial charge in [0.05, 0.1) is 11.5 Å². The fourth-order valence-corrected chi connectivity index (χ4v) is 1.15. The fourth-order valence-electron chi connectivity index (χ4n) is 1.15. The Hall–Kier alpha value is -1.25. The Balaban J connectivity index is 0.000000336. The number of fused-ring (bicyclic) bond motifs is 1. The van der Waals surface area contributed by atoms with E-state index in [2.05, 4.69) is 16.5 Å². The van der Waals surface area contributed by atoms with Crippen molar-refractivity contribution in [2.45, 2.75) is 13.8 Å². The van der Waals surface area contributed by atoms with Crippen molar-refractivity contribution in [2.24, 2.45) is 7.05 Å². The maximum absolute atomic E-state index is 4.11. The average molecular weight is 165 g/mol. The monoisotopic (exact) mass is 165 g/mol. The van der Waals surface area contributed by atoms with Gasteiger partial charge in [0, 0.05) is 25.0 Å². The maximum atomic E-state index is 4.11. The molecule has 2 heterocycles. The average Bonchev–Trinajstić information content (AvgIpc) is 2.53. The molecule has 0 saturated heterocycles. The highest BCUT2D eigenvalue weighted by molar-refractivity contribution is 5.34. The quantitative estimate of drug-likeness (QED) is 0.565. The zero-order chi connectivity index (χ0) is 8.97. The van der Waals surface area contributed by atoms with E-state index in [0.717, 1.165) is 6.54 Å². The molecule has 0 aromatic carbocycles. The summed E-state index contributed by atoms with van der Waals surface area (Å²) < 4.78 is 1.88. The number of hydrogen-bond acceptors (Lipinski definition) is 2. The molecule has 66 valence electrons. The van der Waals surface area contributed by atoms with Crippen molar-refractivity contribution in [3.8, 4) is 0 Å². The molecule has 3 nitrogen and oxygen atoms in total. The van der Waals surface area contributed by atoms with Crippen LogP contribution in [0.1, 0.15) is 13.8 Å². The Morgan fingerprint density at radius 1 is 1.50 bits per heavy atom. The van der Waals surface area contributed by atoms with Crippen molar-refractivity contribution >= 4 is 12.3 Å². The van der Waals surface area contributed by atoms with Gasteiger partial charge >= 0.3 is 0 Å². The zero-order valence-corrected chi connectivity index (χ0v) is 7.83. The second kappa shape index (κ2) is 3.95. The highest BCUT2D eigenvalue weighted by Crippen LogP contribution is 1.70. The van der Waals surface area contributed by atoms with Gasteiger partial charge in [0.25, 0.3) is 0 Å². The molecule has 0 spiro atoms. The maximum Gasteiger partial charge on any atom is 0.0671 e. The molecule has 0 fully saturated rings. The van der Waals surface area contributed by atoms with Crippen molar-refractivity contribution in [3.05, 3.63) is 16.8 Å². The normalized spacial score (nSPS) is 12.6. The first-order chi connectivity index (χ1) is 5.88. The summed E-state index contributed by atoms with van der Waals surface area (Å²) in [5.74, 6) is 0. The van der Waals surface area contributed by atoms with Crippen molar-refractivity contribution < 1.29 is 0 Å². The molecular weight excluding hydrogens is 150 g/mol. The van der Waals surface area contributed by atoms with Crippen LogP contribution in [0.3, 0.4) is 0 Å². The minimum Gasteiger partial charge on any atom is -0.387 e. The second-order valence-corrected chi connectivity index (χ2v) is 2.37. The summed E-state index contributed by atoms with van der Waals surface area (Å²) >= 11 is 0. The van der Waals surface area contributed by atoms with Gasteiger partial charge in [0.2, 0.25) is 0 Å². The van der Waals surface area contributed by atoms with Gasteiger partial charge < -0.3 is 5.32 Å². The Morgan fingerprint density at radius 3 is 2.92 bits per heavy atom. The Bertz CT molecular complexity index is 348. The second-order valence-electron chi connectivity index (χ2n) is 2.37. The third kappa shape index (κ3) is 1.49. The molecule has 0 amide bonds. The molecule has 0 atom stereocenters. The summed E-state index contributed by atoms with van der Waals surface area (Å²) in [6.45, 7) is 4.91. The van der Waals surface area contributed by atoms with E-state index in [-0.39, 0.29) is 0 Å². The highest BCUT2D eigenvalue weighted by Gasteiger charge is 1.94. The number of nitrogens with one attached hydrogen (secondary N) is 1. The number of aryl methyl sites for hydroxylation is 1. The molecule has 0 bridgehead atoms. The fraction of sp³-hybridized carbons (Fsp3) is 0.444. The number of rotatable bonds is 0. The van der Waals surface area contributed by atoms with Gasteiger partial charge in [-0.1, -0.05) is 13.8 Å². The van der Waals surface area contributed by atoms with Crippen LogP contribution < -0.4 is 15.9 Å². The van der Waals surface area contributed by atoms with Crippen LogP contribution in [0.15, 0.2) is 6.20 Å². The Morgan fingerprint density at radius 2 is 2.25 bits per heavy atom. The van der Waals surface area contributed by atoms with Gasteiger partial charge in [-0.05, 0) is 6.08 Å². The van der Waals surface area contributed by atoms with Crippen molar-refractivity contribution in [2.75, 3.05) is 6.54 Å². The smallest absolute Gasteiger partial charge is 0.0671 e. The summed E-state index contributed by atoms with van der Waals surface area (Å²) in [7, 11) is 1.95. The van der Waals surface area contributed by atoms with E-state index in [0.29, 0.717) is 0 Å². The largest absolute Gasteiger partial charge is 0.387 e. The SMILES string of the molecule is CC.Cn1ncc2c1=CCNC=2. The van der Waals surface area contributed by atoms with E-state index >= 15 is 0 Å². The molecule has 2 rings (SSSR count). The van der Waals surface area contributed by atoms with E-state index in [1.807, 2.05) is 38.0 Å². The molecule has 1 aliphatic rings. The minimum atomic E-state index is 0.909. The Kier molecular flexibility index (Phi) is 2.91. The summed E-state index contributed by atoms with van der Waals surface area (Å²) in [5, 5.41) is 9.61. The lowest BCUT2D eigenvalue weighted by molar-refractivity contribution is 0.739. The van der Waals surface area contributed by atoms with Crippen molar-refractivity contribution in [1.29, 1.82) is 0 Å². The first-order valence-corrected chi connectivity index (χ1v) is 4.30. The van der Waals surface area contributed by atoms with Gasteiger partial charge in [-0.25, -0.2) is 0 Å². The standard InChI is InChI=1S/C7H9N3.C2H6/c1-10-7-2-3-8-4-6(7)5-9-10;1-2/h2,4-5,8H,3H2,1H3;1-2H3.